The largest absolute Gasteiger partial charge is 0.507 e. The standard InChI is InChI=1S/C21H24O6/c1-9(2)6-7-14(23)21(5)11(4)27-20-15-12(8-13(22)16(20)21)19(26)18(25)10(3)17(15)24/h6,8,11,14,22-24H,7H2,1-5H3/t11-,14-,21-/m1/s1. The van der Waals surface area contributed by atoms with Gasteiger partial charge in [-0.3, -0.25) is 9.59 Å². The van der Waals surface area contributed by atoms with Crippen molar-refractivity contribution in [2.24, 2.45) is 0 Å². The van der Waals surface area contributed by atoms with Crippen LogP contribution in [0, 0.1) is 0 Å². The Morgan fingerprint density at radius 3 is 2.52 bits per heavy atom. The first-order chi connectivity index (χ1) is 12.5. The maximum Gasteiger partial charge on any atom is 0.234 e. The van der Waals surface area contributed by atoms with Crippen LogP contribution in [0.4, 0.5) is 0 Å². The van der Waals surface area contributed by atoms with Crippen LogP contribution in [0.25, 0.3) is 5.76 Å². The molecular weight excluding hydrogens is 348 g/mol. The first-order valence-corrected chi connectivity index (χ1v) is 8.89. The van der Waals surface area contributed by atoms with Crippen molar-refractivity contribution in [1.29, 1.82) is 0 Å². The lowest BCUT2D eigenvalue weighted by Gasteiger charge is -2.33. The summed E-state index contributed by atoms with van der Waals surface area (Å²) in [6.07, 6.45) is 0.882. The van der Waals surface area contributed by atoms with Crippen LogP contribution in [-0.2, 0) is 10.2 Å². The maximum absolute atomic E-state index is 12.4. The summed E-state index contributed by atoms with van der Waals surface area (Å²) in [5, 5.41) is 32.1. The van der Waals surface area contributed by atoms with Gasteiger partial charge in [-0.15, -0.1) is 0 Å². The minimum atomic E-state index is -0.959. The highest BCUT2D eigenvalue weighted by Gasteiger charge is 2.52. The Hall–Kier alpha value is -2.60. The number of Topliss-reactive ketones (excluding diaryl/α,β-unsaturated/α-hetero) is 2. The first kappa shape index (κ1) is 19.2. The molecule has 0 saturated heterocycles. The Morgan fingerprint density at radius 2 is 1.93 bits per heavy atom. The molecule has 1 aromatic rings. The predicted molar refractivity (Wildman–Crippen MR) is 100 cm³/mol. The number of aliphatic hydroxyl groups is 2. The molecule has 3 rings (SSSR count). The van der Waals surface area contributed by atoms with Gasteiger partial charge < -0.3 is 20.1 Å². The first-order valence-electron chi connectivity index (χ1n) is 8.89. The highest BCUT2D eigenvalue weighted by molar-refractivity contribution is 6.52. The predicted octanol–water partition coefficient (Wildman–Crippen LogP) is 3.20. The molecule has 0 spiro atoms. The van der Waals surface area contributed by atoms with E-state index >= 15 is 0 Å². The van der Waals surface area contributed by atoms with E-state index in [1.54, 1.807) is 13.8 Å². The quantitative estimate of drug-likeness (QED) is 0.556. The van der Waals surface area contributed by atoms with Gasteiger partial charge in [-0.25, -0.2) is 0 Å². The molecule has 0 fully saturated rings. The minimum absolute atomic E-state index is 0.0599. The van der Waals surface area contributed by atoms with Crippen molar-refractivity contribution < 1.29 is 29.6 Å². The van der Waals surface area contributed by atoms with Crippen molar-refractivity contribution in [3.8, 4) is 11.5 Å². The molecule has 0 aromatic heterocycles. The van der Waals surface area contributed by atoms with Crippen LogP contribution in [-0.4, -0.2) is 39.1 Å². The van der Waals surface area contributed by atoms with E-state index in [1.165, 1.54) is 13.0 Å². The van der Waals surface area contributed by atoms with E-state index in [1.807, 2.05) is 19.9 Å². The normalized spacial score (nSPS) is 25.0. The second-order valence-electron chi connectivity index (χ2n) is 7.73. The van der Waals surface area contributed by atoms with Gasteiger partial charge in [-0.05, 0) is 47.1 Å². The third-order valence-electron chi connectivity index (χ3n) is 5.76. The van der Waals surface area contributed by atoms with Crippen molar-refractivity contribution in [3.05, 3.63) is 40.0 Å². The number of hydrogen-bond donors (Lipinski definition) is 3. The monoisotopic (exact) mass is 372 g/mol. The summed E-state index contributed by atoms with van der Waals surface area (Å²) >= 11 is 0. The zero-order chi connectivity index (χ0) is 20.3. The fourth-order valence-electron chi connectivity index (χ4n) is 3.82. The number of benzene rings is 1. The summed E-state index contributed by atoms with van der Waals surface area (Å²) in [7, 11) is 0. The number of carbonyl (C=O) groups excluding carboxylic acids is 2. The summed E-state index contributed by atoms with van der Waals surface area (Å²) < 4.78 is 5.93. The van der Waals surface area contributed by atoms with Gasteiger partial charge in [-0.1, -0.05) is 11.6 Å². The topological polar surface area (TPSA) is 104 Å². The van der Waals surface area contributed by atoms with Gasteiger partial charge in [0.25, 0.3) is 0 Å². The van der Waals surface area contributed by atoms with E-state index in [-0.39, 0.29) is 34.0 Å². The molecule has 0 saturated carbocycles. The molecule has 2 aliphatic rings. The fourth-order valence-corrected chi connectivity index (χ4v) is 3.82. The van der Waals surface area contributed by atoms with Gasteiger partial charge in [-0.2, -0.15) is 0 Å². The van der Waals surface area contributed by atoms with Gasteiger partial charge in [0, 0.05) is 16.7 Å². The van der Waals surface area contributed by atoms with Crippen LogP contribution < -0.4 is 4.74 Å². The number of aliphatic hydroxyl groups excluding tert-OH is 2. The van der Waals surface area contributed by atoms with Gasteiger partial charge >= 0.3 is 0 Å². The number of carbonyl (C=O) groups is 2. The SMILES string of the molecule is CC(C)=CC[C@@H](O)[C@]1(C)c2c(O)cc3c(c2O[C@@H]1C)C(O)=C(C)C(=O)C3=O. The van der Waals surface area contributed by atoms with E-state index in [0.717, 1.165) is 5.57 Å². The van der Waals surface area contributed by atoms with E-state index in [9.17, 15) is 24.9 Å². The summed E-state index contributed by atoms with van der Waals surface area (Å²) in [6, 6.07) is 1.18. The Kier molecular flexibility index (Phi) is 4.43. The Balaban J connectivity index is 2.25. The van der Waals surface area contributed by atoms with Crippen LogP contribution in [0.15, 0.2) is 23.3 Å². The third-order valence-corrected chi connectivity index (χ3v) is 5.76. The van der Waals surface area contributed by atoms with Crippen molar-refractivity contribution in [3.63, 3.8) is 0 Å². The number of ether oxygens (including phenoxy) is 1. The Morgan fingerprint density at radius 1 is 1.30 bits per heavy atom. The Labute approximate surface area is 157 Å². The lowest BCUT2D eigenvalue weighted by molar-refractivity contribution is -0.111. The maximum atomic E-state index is 12.4. The van der Waals surface area contributed by atoms with E-state index in [0.29, 0.717) is 12.0 Å². The molecule has 3 N–H and O–H groups in total. The average molecular weight is 372 g/mol. The van der Waals surface area contributed by atoms with Crippen molar-refractivity contribution >= 4 is 17.3 Å². The molecule has 6 nitrogen and oxygen atoms in total. The highest BCUT2D eigenvalue weighted by atomic mass is 16.5. The van der Waals surface area contributed by atoms with Crippen molar-refractivity contribution in [1.82, 2.24) is 0 Å². The minimum Gasteiger partial charge on any atom is -0.507 e. The number of hydrogen-bond acceptors (Lipinski definition) is 6. The van der Waals surface area contributed by atoms with Gasteiger partial charge in [0.05, 0.1) is 17.1 Å². The van der Waals surface area contributed by atoms with Crippen LogP contribution in [0.5, 0.6) is 11.5 Å². The zero-order valence-corrected chi connectivity index (χ0v) is 16.1. The molecule has 144 valence electrons. The number of phenols is 1. The second kappa shape index (κ2) is 6.23. The van der Waals surface area contributed by atoms with Gasteiger partial charge in [0.2, 0.25) is 11.6 Å². The number of aromatic hydroxyl groups is 1. The van der Waals surface area contributed by atoms with E-state index in [2.05, 4.69) is 0 Å². The van der Waals surface area contributed by atoms with E-state index in [4.69, 9.17) is 4.74 Å². The highest BCUT2D eigenvalue weighted by Crippen LogP contribution is 2.54. The van der Waals surface area contributed by atoms with Crippen molar-refractivity contribution in [2.45, 2.75) is 58.7 Å². The molecule has 0 amide bonds. The lowest BCUT2D eigenvalue weighted by atomic mass is 9.72. The molecule has 1 aromatic carbocycles. The summed E-state index contributed by atoms with van der Waals surface area (Å²) in [6.45, 7) is 8.78. The molecule has 6 heteroatoms. The fraction of sp³-hybridized carbons (Fsp3) is 0.429. The lowest BCUT2D eigenvalue weighted by Crippen LogP contribution is -2.43. The molecular formula is C21H24O6. The molecule has 27 heavy (non-hydrogen) atoms. The summed E-state index contributed by atoms with van der Waals surface area (Å²) in [5.74, 6) is -2.03. The van der Waals surface area contributed by atoms with Crippen LogP contribution in [0.1, 0.15) is 62.5 Å². The third kappa shape index (κ3) is 2.58. The van der Waals surface area contributed by atoms with Crippen LogP contribution in [0.2, 0.25) is 0 Å². The molecule has 1 heterocycles. The summed E-state index contributed by atoms with van der Waals surface area (Å²) in [4.78, 5) is 24.4. The number of allylic oxidation sites excluding steroid dienone is 2. The van der Waals surface area contributed by atoms with Crippen molar-refractivity contribution in [2.75, 3.05) is 0 Å². The molecule has 0 radical (unpaired) electrons. The smallest absolute Gasteiger partial charge is 0.234 e. The molecule has 1 aliphatic carbocycles. The number of phenolic OH excluding ortho intramolecular Hbond substituents is 1. The number of rotatable bonds is 3. The van der Waals surface area contributed by atoms with Crippen LogP contribution in [0.3, 0.4) is 0 Å². The number of ketones is 2. The van der Waals surface area contributed by atoms with Gasteiger partial charge in [0.1, 0.15) is 23.4 Å². The molecule has 0 bridgehead atoms. The second-order valence-corrected chi connectivity index (χ2v) is 7.73. The summed E-state index contributed by atoms with van der Waals surface area (Å²) in [5.41, 5.74) is 0.392. The Bertz CT molecular complexity index is 919. The molecule has 1 aliphatic heterocycles. The van der Waals surface area contributed by atoms with Crippen LogP contribution >= 0.6 is 0 Å². The molecule has 0 unspecified atom stereocenters. The number of fused-ring (bicyclic) bond motifs is 3. The van der Waals surface area contributed by atoms with Gasteiger partial charge in [0.15, 0.2) is 0 Å². The zero-order valence-electron chi connectivity index (χ0n) is 16.1. The molecule has 3 atom stereocenters. The van der Waals surface area contributed by atoms with E-state index < -0.39 is 29.2 Å². The average Bonchev–Trinajstić information content (AvgIpc) is 2.88.